The number of hydrogen-bond acceptors (Lipinski definition) is 2. The Morgan fingerprint density at radius 2 is 1.25 bits per heavy atom. The quantitative estimate of drug-likeness (QED) is 0.0759. The number of benzene rings is 5. The van der Waals surface area contributed by atoms with Crippen LogP contribution in [-0.4, -0.2) is 46.7 Å². The van der Waals surface area contributed by atoms with Gasteiger partial charge in [0.1, 0.15) is 13.1 Å². The number of piperidine rings is 4. The van der Waals surface area contributed by atoms with E-state index in [0.29, 0.717) is 35.6 Å². The normalized spacial score (nSPS) is 26.4. The van der Waals surface area contributed by atoms with E-state index in [9.17, 15) is 0 Å². The van der Waals surface area contributed by atoms with Crippen molar-refractivity contribution in [1.82, 2.24) is 9.97 Å². The first kappa shape index (κ1) is 39.0. The number of hydrogen-bond donors (Lipinski definition) is 1. The van der Waals surface area contributed by atoms with Crippen LogP contribution in [0.15, 0.2) is 147 Å². The minimum Gasteiger partial charge on any atom is -0.331 e. The van der Waals surface area contributed by atoms with Gasteiger partial charge in [0.05, 0.1) is 43.3 Å². The largest absolute Gasteiger partial charge is 0.331 e. The number of quaternary nitrogens is 2. The smallest absolute Gasteiger partial charge is 0.106 e. The standard InChI is InChI=1S/C56H61N4/c1-5-40-34-59(31-27-42(40)24-23-38(3)44-25-29-57-54-21-13-11-19-50(44)54)35-52-46-15-7-9-17-48(46)53(49-18-10-8-16-47(49)52)37-60-32-28-43(41(6-2)36-60)33-56(60)39(4)45-26-30-58-55-22-14-12-20-51(45)55/h5-22,25-26,29-30,38-43,56H,1-2,23-24,27-28,31-37H2,3-4H3/q+1/p+1/t38?,39?,40-,41-,42?,43?,56?,60?/m0/s1. The summed E-state index contributed by atoms with van der Waals surface area (Å²) in [6, 6.07) is 41.3. The third-order valence-electron chi connectivity index (χ3n) is 16.0. The number of fused-ring (bicyclic) bond motifs is 7. The first-order valence-corrected chi connectivity index (χ1v) is 23.0. The summed E-state index contributed by atoms with van der Waals surface area (Å²) < 4.78 is 1.13. The van der Waals surface area contributed by atoms with Crippen molar-refractivity contribution in [3.8, 4) is 0 Å². The first-order chi connectivity index (χ1) is 29.4. The van der Waals surface area contributed by atoms with E-state index in [1.807, 2.05) is 12.4 Å². The Morgan fingerprint density at radius 3 is 1.88 bits per heavy atom. The number of likely N-dealkylation sites (tertiary alicyclic amines) is 1. The van der Waals surface area contributed by atoms with Gasteiger partial charge in [-0.1, -0.05) is 111 Å². The van der Waals surface area contributed by atoms with Gasteiger partial charge in [-0.3, -0.25) is 9.97 Å². The van der Waals surface area contributed by atoms with Crippen molar-refractivity contribution in [1.29, 1.82) is 0 Å². The Morgan fingerprint density at radius 1 is 0.683 bits per heavy atom. The molecule has 7 unspecified atom stereocenters. The number of rotatable bonds is 12. The predicted octanol–water partition coefficient (Wildman–Crippen LogP) is 11.6. The molecule has 0 amide bonds. The second-order valence-electron chi connectivity index (χ2n) is 19.0. The van der Waals surface area contributed by atoms with Crippen molar-refractivity contribution >= 4 is 43.4 Å². The van der Waals surface area contributed by atoms with Gasteiger partial charge in [0.25, 0.3) is 0 Å². The third kappa shape index (κ3) is 6.96. The van der Waals surface area contributed by atoms with Crippen LogP contribution in [0.2, 0.25) is 0 Å². The summed E-state index contributed by atoms with van der Waals surface area (Å²) in [5.74, 6) is 3.42. The van der Waals surface area contributed by atoms with E-state index in [1.165, 1.54) is 101 Å². The molecule has 4 aliphatic heterocycles. The fourth-order valence-electron chi connectivity index (χ4n) is 12.8. The van der Waals surface area contributed by atoms with Gasteiger partial charge in [0, 0.05) is 71.3 Å². The van der Waals surface area contributed by atoms with E-state index >= 15 is 0 Å². The summed E-state index contributed by atoms with van der Waals surface area (Å²) in [6.45, 7) is 20.6. The molecule has 0 aliphatic carbocycles. The van der Waals surface area contributed by atoms with Gasteiger partial charge in [0.15, 0.2) is 0 Å². The molecule has 60 heavy (non-hydrogen) atoms. The van der Waals surface area contributed by atoms with Crippen LogP contribution in [0.3, 0.4) is 0 Å². The molecule has 4 fully saturated rings. The lowest BCUT2D eigenvalue weighted by Crippen LogP contribution is -3.12. The topological polar surface area (TPSA) is 30.2 Å². The minimum atomic E-state index is 0.423. The van der Waals surface area contributed by atoms with Gasteiger partial charge < -0.3 is 9.38 Å². The molecule has 4 heteroatoms. The predicted molar refractivity (Wildman–Crippen MR) is 251 cm³/mol. The molecule has 4 saturated heterocycles. The number of nitrogens with zero attached hydrogens (tertiary/aromatic N) is 3. The Hall–Kier alpha value is -5.16. The summed E-state index contributed by atoms with van der Waals surface area (Å²) in [6.07, 6.45) is 14.8. The average molecular weight is 791 g/mol. The van der Waals surface area contributed by atoms with Crippen LogP contribution in [0.5, 0.6) is 0 Å². The molecule has 6 heterocycles. The Labute approximate surface area is 357 Å². The van der Waals surface area contributed by atoms with E-state index in [2.05, 4.69) is 153 Å². The molecule has 11 rings (SSSR count). The number of para-hydroxylation sites is 2. The van der Waals surface area contributed by atoms with E-state index < -0.39 is 0 Å². The van der Waals surface area contributed by atoms with Gasteiger partial charge in [-0.05, 0) is 87.5 Å². The van der Waals surface area contributed by atoms with Crippen LogP contribution in [0.25, 0.3) is 43.4 Å². The van der Waals surface area contributed by atoms with Gasteiger partial charge >= 0.3 is 0 Å². The van der Waals surface area contributed by atoms with Crippen molar-refractivity contribution in [2.45, 2.75) is 76.9 Å². The molecule has 2 aromatic heterocycles. The van der Waals surface area contributed by atoms with Crippen LogP contribution >= 0.6 is 0 Å². The maximum absolute atomic E-state index is 4.77. The van der Waals surface area contributed by atoms with Crippen molar-refractivity contribution in [3.63, 3.8) is 0 Å². The first-order valence-electron chi connectivity index (χ1n) is 23.0. The van der Waals surface area contributed by atoms with Crippen LogP contribution in [-0.2, 0) is 13.1 Å². The molecule has 7 aromatic rings. The molecular formula is C56H62N4+2. The molecule has 0 spiro atoms. The van der Waals surface area contributed by atoms with Crippen LogP contribution in [0.4, 0.5) is 0 Å². The van der Waals surface area contributed by atoms with E-state index in [1.54, 1.807) is 10.5 Å². The highest BCUT2D eigenvalue weighted by Crippen LogP contribution is 2.50. The van der Waals surface area contributed by atoms with Crippen molar-refractivity contribution in [2.75, 3.05) is 26.2 Å². The summed E-state index contributed by atoms with van der Waals surface area (Å²) in [7, 11) is 0. The highest BCUT2D eigenvalue weighted by molar-refractivity contribution is 6.05. The molecule has 9 atom stereocenters. The highest BCUT2D eigenvalue weighted by atomic mass is 15.4. The van der Waals surface area contributed by atoms with Crippen LogP contribution in [0.1, 0.15) is 80.0 Å². The number of nitrogens with one attached hydrogen (secondary N) is 1. The van der Waals surface area contributed by atoms with Crippen molar-refractivity contribution in [2.24, 2.45) is 23.7 Å². The second-order valence-corrected chi connectivity index (χ2v) is 19.0. The summed E-state index contributed by atoms with van der Waals surface area (Å²) >= 11 is 0. The molecule has 1 N–H and O–H groups in total. The molecule has 0 saturated carbocycles. The van der Waals surface area contributed by atoms with Crippen molar-refractivity contribution < 1.29 is 9.38 Å². The van der Waals surface area contributed by atoms with Crippen LogP contribution < -0.4 is 4.90 Å². The summed E-state index contributed by atoms with van der Waals surface area (Å²) in [5, 5.41) is 8.42. The van der Waals surface area contributed by atoms with Gasteiger partial charge in [0.2, 0.25) is 0 Å². The average Bonchev–Trinajstić information content (AvgIpc) is 3.31. The van der Waals surface area contributed by atoms with Crippen LogP contribution in [0, 0.1) is 23.7 Å². The number of pyridine rings is 2. The van der Waals surface area contributed by atoms with Crippen molar-refractivity contribution in [3.05, 3.63) is 169 Å². The molecule has 0 radical (unpaired) electrons. The highest BCUT2D eigenvalue weighted by Gasteiger charge is 2.53. The Bertz CT molecular complexity index is 2630. The zero-order valence-corrected chi connectivity index (χ0v) is 35.8. The fraction of sp³-hybridized carbons (Fsp3) is 0.357. The minimum absolute atomic E-state index is 0.423. The molecular weight excluding hydrogens is 729 g/mol. The zero-order chi connectivity index (χ0) is 40.8. The Kier molecular flexibility index (Phi) is 10.6. The lowest BCUT2D eigenvalue weighted by atomic mass is 9.69. The number of aromatic nitrogens is 2. The summed E-state index contributed by atoms with van der Waals surface area (Å²) in [5.41, 5.74) is 8.16. The molecule has 5 aromatic carbocycles. The van der Waals surface area contributed by atoms with E-state index in [0.717, 1.165) is 41.1 Å². The monoisotopic (exact) mass is 790 g/mol. The zero-order valence-electron chi connectivity index (χ0n) is 35.8. The summed E-state index contributed by atoms with van der Waals surface area (Å²) in [4.78, 5) is 11.1. The van der Waals surface area contributed by atoms with Gasteiger partial charge in [-0.25, -0.2) is 0 Å². The van der Waals surface area contributed by atoms with E-state index in [4.69, 9.17) is 4.98 Å². The van der Waals surface area contributed by atoms with Gasteiger partial charge in [-0.2, -0.15) is 0 Å². The Balaban J connectivity index is 0.942. The fourth-order valence-corrected chi connectivity index (χ4v) is 12.8. The molecule has 4 aliphatic rings. The lowest BCUT2D eigenvalue weighted by molar-refractivity contribution is -0.982. The third-order valence-corrected chi connectivity index (χ3v) is 16.0. The molecule has 4 nitrogen and oxygen atoms in total. The van der Waals surface area contributed by atoms with E-state index in [-0.39, 0.29) is 0 Å². The maximum Gasteiger partial charge on any atom is 0.106 e. The molecule has 304 valence electrons. The SMILES string of the molecule is C=C[C@H]1C[NH+](Cc2c3ccccc3c(C[N+]34CCC(CC3C(C)c3ccnc5ccccc35)[C@@H](C=C)C4)c3ccccc23)CCC1CCC(C)c1ccnc2ccccc12. The lowest BCUT2D eigenvalue weighted by Gasteiger charge is -2.59. The second kappa shape index (κ2) is 16.4. The maximum atomic E-state index is 4.77. The van der Waals surface area contributed by atoms with Gasteiger partial charge in [-0.15, -0.1) is 13.2 Å². The molecule has 2 bridgehead atoms.